The molecule has 0 aromatic heterocycles. The molecule has 6 nitrogen and oxygen atoms in total. The highest BCUT2D eigenvalue weighted by atomic mass is 35.5. The SMILES string of the molecule is COC(=O)c1ccc(OS(=O)(=O)c2cccc(Cl)c2F)c(OC)c1. The molecule has 128 valence electrons. The van der Waals surface area contributed by atoms with E-state index in [9.17, 15) is 17.6 Å². The lowest BCUT2D eigenvalue weighted by molar-refractivity contribution is 0.0600. The Morgan fingerprint density at radius 2 is 1.83 bits per heavy atom. The molecule has 2 aromatic rings. The van der Waals surface area contributed by atoms with Crippen LogP contribution in [0.4, 0.5) is 4.39 Å². The monoisotopic (exact) mass is 374 g/mol. The molecule has 0 fully saturated rings. The number of esters is 1. The van der Waals surface area contributed by atoms with Crippen LogP contribution in [0.5, 0.6) is 11.5 Å². The number of methoxy groups -OCH3 is 2. The molecule has 2 rings (SSSR count). The van der Waals surface area contributed by atoms with E-state index in [2.05, 4.69) is 4.74 Å². The third kappa shape index (κ3) is 3.60. The predicted molar refractivity (Wildman–Crippen MR) is 83.6 cm³/mol. The number of halogens is 2. The van der Waals surface area contributed by atoms with Crippen molar-refractivity contribution >= 4 is 27.7 Å². The van der Waals surface area contributed by atoms with Gasteiger partial charge < -0.3 is 13.7 Å². The van der Waals surface area contributed by atoms with Gasteiger partial charge in [-0.1, -0.05) is 17.7 Å². The molecule has 0 aliphatic rings. The van der Waals surface area contributed by atoms with Crippen molar-refractivity contribution in [3.63, 3.8) is 0 Å². The van der Waals surface area contributed by atoms with Gasteiger partial charge in [0.25, 0.3) is 0 Å². The van der Waals surface area contributed by atoms with E-state index in [1.807, 2.05) is 0 Å². The number of benzene rings is 2. The number of carbonyl (C=O) groups excluding carboxylic acids is 1. The van der Waals surface area contributed by atoms with Crippen molar-refractivity contribution in [3.05, 3.63) is 52.8 Å². The average molecular weight is 375 g/mol. The first-order valence-electron chi connectivity index (χ1n) is 6.45. The standard InChI is InChI=1S/C15H12ClFO6S/c1-21-12-8-9(15(18)22-2)6-7-11(12)23-24(19,20)13-5-3-4-10(16)14(13)17/h3-8H,1-2H3. The molecule has 0 atom stereocenters. The molecule has 9 heteroatoms. The van der Waals surface area contributed by atoms with E-state index in [1.54, 1.807) is 0 Å². The minimum atomic E-state index is -4.49. The van der Waals surface area contributed by atoms with Crippen LogP contribution in [0.2, 0.25) is 5.02 Å². The van der Waals surface area contributed by atoms with Crippen LogP contribution in [0, 0.1) is 5.82 Å². The normalized spacial score (nSPS) is 11.0. The lowest BCUT2D eigenvalue weighted by Gasteiger charge is -2.12. The lowest BCUT2D eigenvalue weighted by Crippen LogP contribution is -2.13. The fraction of sp³-hybridized carbons (Fsp3) is 0.133. The minimum Gasteiger partial charge on any atom is -0.493 e. The van der Waals surface area contributed by atoms with Crippen molar-refractivity contribution in [2.45, 2.75) is 4.90 Å². The second kappa shape index (κ2) is 7.06. The van der Waals surface area contributed by atoms with Crippen LogP contribution in [-0.2, 0) is 14.9 Å². The topological polar surface area (TPSA) is 78.9 Å². The summed E-state index contributed by atoms with van der Waals surface area (Å²) < 4.78 is 52.9. The van der Waals surface area contributed by atoms with Crippen molar-refractivity contribution in [2.75, 3.05) is 14.2 Å². The van der Waals surface area contributed by atoms with Gasteiger partial charge in [0.05, 0.1) is 24.8 Å². The van der Waals surface area contributed by atoms with Crippen LogP contribution in [-0.4, -0.2) is 28.6 Å². The summed E-state index contributed by atoms with van der Waals surface area (Å²) in [6.07, 6.45) is 0. The number of carbonyl (C=O) groups is 1. The van der Waals surface area contributed by atoms with Crippen LogP contribution in [0.25, 0.3) is 0 Å². The van der Waals surface area contributed by atoms with Crippen molar-refractivity contribution in [1.82, 2.24) is 0 Å². The van der Waals surface area contributed by atoms with Gasteiger partial charge in [-0.05, 0) is 30.3 Å². The zero-order valence-electron chi connectivity index (χ0n) is 12.6. The fourth-order valence-electron chi connectivity index (χ4n) is 1.82. The molecule has 0 aliphatic heterocycles. The van der Waals surface area contributed by atoms with Crippen LogP contribution in [0.15, 0.2) is 41.3 Å². The summed E-state index contributed by atoms with van der Waals surface area (Å²) in [4.78, 5) is 10.8. The van der Waals surface area contributed by atoms with E-state index < -0.39 is 26.8 Å². The Hall–Kier alpha value is -2.32. The first-order valence-corrected chi connectivity index (χ1v) is 8.23. The molecule has 0 amide bonds. The van der Waals surface area contributed by atoms with E-state index in [0.29, 0.717) is 0 Å². The molecule has 0 heterocycles. The second-order valence-corrected chi connectivity index (χ2v) is 6.37. The van der Waals surface area contributed by atoms with Gasteiger partial charge in [0.1, 0.15) is 4.90 Å². The Morgan fingerprint density at radius 3 is 2.46 bits per heavy atom. The van der Waals surface area contributed by atoms with Gasteiger partial charge in [-0.2, -0.15) is 8.42 Å². The maximum Gasteiger partial charge on any atom is 0.342 e. The van der Waals surface area contributed by atoms with Crippen LogP contribution in [0.1, 0.15) is 10.4 Å². The van der Waals surface area contributed by atoms with Gasteiger partial charge >= 0.3 is 16.1 Å². The van der Waals surface area contributed by atoms with E-state index in [1.165, 1.54) is 44.6 Å². The molecule has 0 saturated carbocycles. The summed E-state index contributed by atoms with van der Waals surface area (Å²) in [5, 5.41) is -0.354. The maximum atomic E-state index is 13.9. The van der Waals surface area contributed by atoms with Crippen molar-refractivity contribution < 1.29 is 31.3 Å². The second-order valence-electron chi connectivity index (χ2n) is 4.45. The molecule has 0 N–H and O–H groups in total. The van der Waals surface area contributed by atoms with Gasteiger partial charge in [-0.3, -0.25) is 0 Å². The predicted octanol–water partition coefficient (Wildman–Crippen LogP) is 3.04. The fourth-order valence-corrected chi connectivity index (χ4v) is 3.09. The summed E-state index contributed by atoms with van der Waals surface area (Å²) in [6, 6.07) is 7.23. The lowest BCUT2D eigenvalue weighted by atomic mass is 10.2. The molecule has 0 radical (unpaired) electrons. The first kappa shape index (κ1) is 18.0. The van der Waals surface area contributed by atoms with Gasteiger partial charge in [0, 0.05) is 0 Å². The number of hydrogen-bond donors (Lipinski definition) is 0. The average Bonchev–Trinajstić information content (AvgIpc) is 2.56. The number of ether oxygens (including phenoxy) is 2. The summed E-state index contributed by atoms with van der Waals surface area (Å²) in [5.41, 5.74) is 0.132. The van der Waals surface area contributed by atoms with Crippen molar-refractivity contribution in [2.24, 2.45) is 0 Å². The summed E-state index contributed by atoms with van der Waals surface area (Å²) in [6.45, 7) is 0. The highest BCUT2D eigenvalue weighted by molar-refractivity contribution is 7.87. The first-order chi connectivity index (χ1) is 11.3. The van der Waals surface area contributed by atoms with Crippen LogP contribution < -0.4 is 8.92 Å². The molecule has 24 heavy (non-hydrogen) atoms. The van der Waals surface area contributed by atoms with Crippen LogP contribution >= 0.6 is 11.6 Å². The zero-order chi connectivity index (χ0) is 17.9. The highest BCUT2D eigenvalue weighted by Crippen LogP contribution is 2.32. The molecule has 0 bridgehead atoms. The van der Waals surface area contributed by atoms with Crippen molar-refractivity contribution in [1.29, 1.82) is 0 Å². The van der Waals surface area contributed by atoms with Gasteiger partial charge in [-0.15, -0.1) is 0 Å². The minimum absolute atomic E-state index is 0.0380. The Balaban J connectivity index is 2.43. The third-order valence-electron chi connectivity index (χ3n) is 2.97. The highest BCUT2D eigenvalue weighted by Gasteiger charge is 2.25. The Morgan fingerprint density at radius 1 is 1.12 bits per heavy atom. The van der Waals surface area contributed by atoms with E-state index in [0.717, 1.165) is 6.07 Å². The van der Waals surface area contributed by atoms with Crippen LogP contribution in [0.3, 0.4) is 0 Å². The molecule has 0 aliphatic carbocycles. The molecule has 2 aromatic carbocycles. The van der Waals surface area contributed by atoms with Gasteiger partial charge in [-0.25, -0.2) is 9.18 Å². The summed E-state index contributed by atoms with van der Waals surface area (Å²) in [5.74, 6) is -2.01. The summed E-state index contributed by atoms with van der Waals surface area (Å²) >= 11 is 5.58. The number of rotatable bonds is 5. The quantitative estimate of drug-likeness (QED) is 0.591. The molecular weight excluding hydrogens is 363 g/mol. The largest absolute Gasteiger partial charge is 0.493 e. The Kier molecular flexibility index (Phi) is 5.30. The molecule has 0 saturated heterocycles. The van der Waals surface area contributed by atoms with Gasteiger partial charge in [0.2, 0.25) is 0 Å². The third-order valence-corrected chi connectivity index (χ3v) is 4.51. The van der Waals surface area contributed by atoms with E-state index in [4.69, 9.17) is 20.5 Å². The van der Waals surface area contributed by atoms with Gasteiger partial charge in [0.15, 0.2) is 17.3 Å². The molecule has 0 unspecified atom stereocenters. The zero-order valence-corrected chi connectivity index (χ0v) is 14.2. The molecular formula is C15H12ClFO6S. The van der Waals surface area contributed by atoms with Crippen molar-refractivity contribution in [3.8, 4) is 11.5 Å². The smallest absolute Gasteiger partial charge is 0.342 e. The molecule has 0 spiro atoms. The Bertz CT molecular complexity index is 882. The summed E-state index contributed by atoms with van der Waals surface area (Å²) in [7, 11) is -2.03. The van der Waals surface area contributed by atoms with E-state index >= 15 is 0 Å². The maximum absolute atomic E-state index is 13.9. The van der Waals surface area contributed by atoms with E-state index in [-0.39, 0.29) is 22.1 Å². The number of hydrogen-bond acceptors (Lipinski definition) is 6. The Labute approximate surface area is 142 Å².